The van der Waals surface area contributed by atoms with Crippen molar-refractivity contribution in [2.45, 2.75) is 19.3 Å². The minimum absolute atomic E-state index is 0.0513. The predicted octanol–water partition coefficient (Wildman–Crippen LogP) is 3.76. The van der Waals surface area contributed by atoms with Gasteiger partial charge in [0.25, 0.3) is 5.91 Å². The first-order valence-corrected chi connectivity index (χ1v) is 7.33. The molecular formula is C16H17ClN2O. The summed E-state index contributed by atoms with van der Waals surface area (Å²) in [6.07, 6.45) is 3.74. The first kappa shape index (κ1) is 13.4. The molecule has 1 fully saturated rings. The Bertz CT molecular complexity index is 652. The Morgan fingerprint density at radius 3 is 2.85 bits per heavy atom. The zero-order valence-electron chi connectivity index (χ0n) is 11.5. The van der Waals surface area contributed by atoms with Crippen molar-refractivity contribution in [2.75, 3.05) is 13.6 Å². The molecule has 0 atom stereocenters. The number of hydrogen-bond acceptors (Lipinski definition) is 2. The predicted molar refractivity (Wildman–Crippen MR) is 81.1 cm³/mol. The minimum atomic E-state index is -0.0513. The number of fused-ring (bicyclic) bond motifs is 1. The molecule has 0 bridgehead atoms. The monoisotopic (exact) mass is 288 g/mol. The molecule has 1 saturated carbocycles. The molecule has 0 spiro atoms. The number of hydrogen-bond donors (Lipinski definition) is 0. The topological polar surface area (TPSA) is 33.2 Å². The first-order chi connectivity index (χ1) is 9.65. The average Bonchev–Trinajstić information content (AvgIpc) is 2.41. The summed E-state index contributed by atoms with van der Waals surface area (Å²) >= 11 is 6.17. The van der Waals surface area contributed by atoms with Gasteiger partial charge in [0, 0.05) is 19.0 Å². The molecule has 1 amide bonds. The lowest BCUT2D eigenvalue weighted by atomic mass is 9.85. The van der Waals surface area contributed by atoms with Gasteiger partial charge in [0.15, 0.2) is 0 Å². The van der Waals surface area contributed by atoms with Gasteiger partial charge in [-0.1, -0.05) is 42.3 Å². The van der Waals surface area contributed by atoms with Crippen molar-refractivity contribution >= 4 is 28.3 Å². The molecule has 1 heterocycles. The number of carbonyl (C=O) groups is 1. The van der Waals surface area contributed by atoms with Gasteiger partial charge >= 0.3 is 0 Å². The fourth-order valence-electron chi connectivity index (χ4n) is 2.61. The van der Waals surface area contributed by atoms with Gasteiger partial charge in [0.2, 0.25) is 0 Å². The minimum Gasteiger partial charge on any atom is -0.340 e. The Kier molecular flexibility index (Phi) is 3.62. The van der Waals surface area contributed by atoms with E-state index in [4.69, 9.17) is 11.6 Å². The van der Waals surface area contributed by atoms with Gasteiger partial charge in [0.05, 0.1) is 0 Å². The molecule has 0 aliphatic heterocycles. The van der Waals surface area contributed by atoms with Gasteiger partial charge < -0.3 is 4.90 Å². The molecule has 1 aliphatic carbocycles. The van der Waals surface area contributed by atoms with Crippen molar-refractivity contribution in [3.05, 3.63) is 41.2 Å². The summed E-state index contributed by atoms with van der Waals surface area (Å²) in [6, 6.07) is 9.54. The molecule has 4 heteroatoms. The third kappa shape index (κ3) is 2.50. The van der Waals surface area contributed by atoms with Crippen LogP contribution in [0.2, 0.25) is 5.15 Å². The lowest BCUT2D eigenvalue weighted by Gasteiger charge is -2.30. The summed E-state index contributed by atoms with van der Waals surface area (Å²) in [4.78, 5) is 18.4. The number of nitrogens with zero attached hydrogens (tertiary/aromatic N) is 2. The molecular weight excluding hydrogens is 272 g/mol. The summed E-state index contributed by atoms with van der Waals surface area (Å²) in [5, 5.41) is 2.23. The van der Waals surface area contributed by atoms with Gasteiger partial charge in [-0.2, -0.15) is 0 Å². The highest BCUT2D eigenvalue weighted by Gasteiger charge is 2.23. The molecule has 0 radical (unpaired) electrons. The highest BCUT2D eigenvalue weighted by molar-refractivity contribution is 6.34. The number of carbonyl (C=O) groups excluding carboxylic acids is 1. The molecule has 0 unspecified atom stereocenters. The molecule has 1 aromatic carbocycles. The summed E-state index contributed by atoms with van der Waals surface area (Å²) in [7, 11) is 1.84. The zero-order valence-corrected chi connectivity index (χ0v) is 12.2. The third-order valence-corrected chi connectivity index (χ3v) is 4.30. The normalized spacial score (nSPS) is 15.1. The molecule has 0 saturated heterocycles. The van der Waals surface area contributed by atoms with E-state index in [1.165, 1.54) is 19.3 Å². The maximum atomic E-state index is 12.4. The van der Waals surface area contributed by atoms with Crippen molar-refractivity contribution in [1.29, 1.82) is 0 Å². The molecule has 3 rings (SSSR count). The first-order valence-electron chi connectivity index (χ1n) is 6.96. The van der Waals surface area contributed by atoms with Gasteiger partial charge in [0.1, 0.15) is 10.8 Å². The van der Waals surface area contributed by atoms with E-state index in [1.54, 1.807) is 4.90 Å². The van der Waals surface area contributed by atoms with Crippen molar-refractivity contribution in [3.8, 4) is 0 Å². The fourth-order valence-corrected chi connectivity index (χ4v) is 2.87. The van der Waals surface area contributed by atoms with Crippen molar-refractivity contribution < 1.29 is 4.79 Å². The number of pyridine rings is 1. The average molecular weight is 289 g/mol. The highest BCUT2D eigenvalue weighted by Crippen LogP contribution is 2.27. The number of halogens is 1. The van der Waals surface area contributed by atoms with Crippen LogP contribution in [0.1, 0.15) is 29.8 Å². The number of amides is 1. The smallest absolute Gasteiger partial charge is 0.272 e. The summed E-state index contributed by atoms with van der Waals surface area (Å²) < 4.78 is 0. The summed E-state index contributed by atoms with van der Waals surface area (Å²) in [5.74, 6) is 0.601. The van der Waals surface area contributed by atoms with E-state index in [-0.39, 0.29) is 5.91 Å². The second-order valence-electron chi connectivity index (χ2n) is 5.50. The summed E-state index contributed by atoms with van der Waals surface area (Å²) in [5.41, 5.74) is 0.426. The van der Waals surface area contributed by atoms with E-state index >= 15 is 0 Å². The van der Waals surface area contributed by atoms with E-state index in [1.807, 2.05) is 37.4 Å². The lowest BCUT2D eigenvalue weighted by molar-refractivity contribution is 0.0739. The Morgan fingerprint density at radius 1 is 1.40 bits per heavy atom. The van der Waals surface area contributed by atoms with Gasteiger partial charge in [-0.3, -0.25) is 4.79 Å². The Morgan fingerprint density at radius 2 is 2.15 bits per heavy atom. The van der Waals surface area contributed by atoms with Crippen molar-refractivity contribution in [2.24, 2.45) is 5.92 Å². The van der Waals surface area contributed by atoms with Crippen LogP contribution >= 0.6 is 11.6 Å². The van der Waals surface area contributed by atoms with Gasteiger partial charge in [-0.05, 0) is 30.2 Å². The van der Waals surface area contributed by atoms with Crippen LogP contribution in [-0.2, 0) is 0 Å². The van der Waals surface area contributed by atoms with E-state index in [9.17, 15) is 4.79 Å². The quantitative estimate of drug-likeness (QED) is 0.806. The number of aromatic nitrogens is 1. The second kappa shape index (κ2) is 5.41. The van der Waals surface area contributed by atoms with E-state index in [0.29, 0.717) is 16.8 Å². The van der Waals surface area contributed by atoms with Gasteiger partial charge in [-0.15, -0.1) is 0 Å². The zero-order chi connectivity index (χ0) is 14.1. The number of rotatable bonds is 3. The van der Waals surface area contributed by atoms with Crippen LogP contribution in [0, 0.1) is 5.92 Å². The molecule has 3 nitrogen and oxygen atoms in total. The maximum Gasteiger partial charge on any atom is 0.272 e. The highest BCUT2D eigenvalue weighted by atomic mass is 35.5. The van der Waals surface area contributed by atoms with E-state index in [0.717, 1.165) is 17.3 Å². The molecule has 1 aliphatic rings. The Labute approximate surface area is 123 Å². The van der Waals surface area contributed by atoms with Crippen LogP contribution in [0.3, 0.4) is 0 Å². The molecule has 1 aromatic heterocycles. The van der Waals surface area contributed by atoms with Crippen LogP contribution in [-0.4, -0.2) is 29.4 Å². The second-order valence-corrected chi connectivity index (χ2v) is 5.86. The van der Waals surface area contributed by atoms with Gasteiger partial charge in [-0.25, -0.2) is 4.98 Å². The van der Waals surface area contributed by atoms with Crippen LogP contribution in [0.25, 0.3) is 10.8 Å². The molecule has 2 aromatic rings. The molecule has 104 valence electrons. The number of benzene rings is 1. The maximum absolute atomic E-state index is 12.4. The lowest BCUT2D eigenvalue weighted by Crippen LogP contribution is -2.34. The Balaban J connectivity index is 1.87. The van der Waals surface area contributed by atoms with Crippen molar-refractivity contribution in [3.63, 3.8) is 0 Å². The fraction of sp³-hybridized carbons (Fsp3) is 0.375. The van der Waals surface area contributed by atoms with E-state index < -0.39 is 0 Å². The van der Waals surface area contributed by atoms with Crippen LogP contribution < -0.4 is 0 Å². The third-order valence-electron chi connectivity index (χ3n) is 4.02. The standard InChI is InChI=1S/C16H17ClN2O/c1-19(10-11-5-4-6-11)16(20)14-9-12-7-2-3-8-13(12)15(17)18-14/h2-3,7-9,11H,4-6,10H2,1H3. The van der Waals surface area contributed by atoms with Crippen LogP contribution in [0.5, 0.6) is 0 Å². The SMILES string of the molecule is CN(CC1CCC1)C(=O)c1cc2ccccc2c(Cl)n1. The van der Waals surface area contributed by atoms with Crippen LogP contribution in [0.4, 0.5) is 0 Å². The van der Waals surface area contributed by atoms with Crippen LogP contribution in [0.15, 0.2) is 30.3 Å². The Hall–Kier alpha value is -1.61. The molecule has 20 heavy (non-hydrogen) atoms. The van der Waals surface area contributed by atoms with Crippen molar-refractivity contribution in [1.82, 2.24) is 9.88 Å². The van der Waals surface area contributed by atoms with E-state index in [2.05, 4.69) is 4.98 Å². The summed E-state index contributed by atoms with van der Waals surface area (Å²) in [6.45, 7) is 0.810. The largest absolute Gasteiger partial charge is 0.340 e. The molecule has 0 N–H and O–H groups in total.